The van der Waals surface area contributed by atoms with Gasteiger partial charge in [0.25, 0.3) is 0 Å². The molecule has 24 heavy (non-hydrogen) atoms. The lowest BCUT2D eigenvalue weighted by molar-refractivity contribution is -0.124. The van der Waals surface area contributed by atoms with Crippen molar-refractivity contribution < 1.29 is 9.18 Å². The zero-order chi connectivity index (χ0) is 17.0. The number of rotatable bonds is 6. The van der Waals surface area contributed by atoms with E-state index in [9.17, 15) is 14.4 Å². The summed E-state index contributed by atoms with van der Waals surface area (Å²) in [6, 6.07) is 9.18. The number of hydrogen-bond acceptors (Lipinski definition) is 3. The topological polar surface area (TPSA) is 56.1 Å². The van der Waals surface area contributed by atoms with Crippen LogP contribution in [-0.2, 0) is 11.3 Å². The van der Waals surface area contributed by atoms with E-state index in [1.54, 1.807) is 12.1 Å². The van der Waals surface area contributed by atoms with Gasteiger partial charge in [-0.05, 0) is 43.4 Å². The van der Waals surface area contributed by atoms with Gasteiger partial charge in [0.1, 0.15) is 11.4 Å². The number of halogens is 1. The van der Waals surface area contributed by atoms with Gasteiger partial charge in [-0.1, -0.05) is 31.4 Å². The van der Waals surface area contributed by atoms with Crippen molar-refractivity contribution in [2.45, 2.75) is 63.1 Å². The number of nitrogens with zero attached hydrogens (tertiary/aromatic N) is 2. The van der Waals surface area contributed by atoms with Crippen LogP contribution in [0.3, 0.4) is 0 Å². The Labute approximate surface area is 142 Å². The Morgan fingerprint density at radius 2 is 1.92 bits per heavy atom. The molecule has 0 saturated heterocycles. The van der Waals surface area contributed by atoms with Crippen LogP contribution in [0.1, 0.15) is 50.5 Å². The zero-order valence-electron chi connectivity index (χ0n) is 13.9. The predicted octanol–water partition coefficient (Wildman–Crippen LogP) is 3.13. The fraction of sp³-hybridized carbons (Fsp3) is 0.579. The smallest absolute Gasteiger partial charge is 0.235 e. The number of carbonyl (C=O) groups is 1. The molecular formula is C19H24FN3O. The molecule has 0 heterocycles. The Kier molecular flexibility index (Phi) is 5.15. The third kappa shape index (κ3) is 4.33. The summed E-state index contributed by atoms with van der Waals surface area (Å²) < 4.78 is 13.0. The Morgan fingerprint density at radius 3 is 2.50 bits per heavy atom. The van der Waals surface area contributed by atoms with E-state index >= 15 is 0 Å². The maximum atomic E-state index is 13.0. The molecular weight excluding hydrogens is 305 g/mol. The summed E-state index contributed by atoms with van der Waals surface area (Å²) >= 11 is 0. The monoisotopic (exact) mass is 329 g/mol. The summed E-state index contributed by atoms with van der Waals surface area (Å²) in [6.45, 7) is 0.934. The molecule has 2 saturated carbocycles. The van der Waals surface area contributed by atoms with Crippen molar-refractivity contribution in [2.75, 3.05) is 6.54 Å². The van der Waals surface area contributed by atoms with Crippen molar-refractivity contribution in [3.63, 3.8) is 0 Å². The Hall–Kier alpha value is -1.93. The Bertz CT molecular complexity index is 612. The molecule has 5 heteroatoms. The van der Waals surface area contributed by atoms with Gasteiger partial charge in [0.05, 0.1) is 12.6 Å². The van der Waals surface area contributed by atoms with Crippen LogP contribution in [0.15, 0.2) is 24.3 Å². The molecule has 1 amide bonds. The summed E-state index contributed by atoms with van der Waals surface area (Å²) in [7, 11) is 0. The lowest BCUT2D eigenvalue weighted by Crippen LogP contribution is -2.51. The maximum Gasteiger partial charge on any atom is 0.235 e. The van der Waals surface area contributed by atoms with E-state index < -0.39 is 5.54 Å². The molecule has 0 bridgehead atoms. The minimum absolute atomic E-state index is 0.0764. The van der Waals surface area contributed by atoms with E-state index in [0.29, 0.717) is 19.1 Å². The summed E-state index contributed by atoms with van der Waals surface area (Å²) in [5, 5.41) is 12.5. The van der Waals surface area contributed by atoms with Crippen LogP contribution >= 0.6 is 0 Å². The van der Waals surface area contributed by atoms with Gasteiger partial charge in [-0.2, -0.15) is 5.26 Å². The van der Waals surface area contributed by atoms with E-state index in [2.05, 4.69) is 16.3 Å². The quantitative estimate of drug-likeness (QED) is 0.872. The third-order valence-corrected chi connectivity index (χ3v) is 5.01. The second kappa shape index (κ2) is 7.31. The minimum Gasteiger partial charge on any atom is -0.337 e. The molecule has 2 aliphatic carbocycles. The number of nitrogens with one attached hydrogen (secondary N) is 1. The highest BCUT2D eigenvalue weighted by Gasteiger charge is 2.35. The summed E-state index contributed by atoms with van der Waals surface area (Å²) in [6.07, 6.45) is 6.81. The van der Waals surface area contributed by atoms with Gasteiger partial charge < -0.3 is 5.32 Å². The molecule has 3 rings (SSSR count). The van der Waals surface area contributed by atoms with Gasteiger partial charge in [0.15, 0.2) is 0 Å². The molecule has 0 radical (unpaired) electrons. The highest BCUT2D eigenvalue weighted by atomic mass is 19.1. The van der Waals surface area contributed by atoms with Crippen LogP contribution in [0.5, 0.6) is 0 Å². The normalized spacial score (nSPS) is 19.7. The molecule has 0 spiro atoms. The average Bonchev–Trinajstić information content (AvgIpc) is 3.42. The first-order valence-corrected chi connectivity index (χ1v) is 8.81. The third-order valence-electron chi connectivity index (χ3n) is 5.01. The standard InChI is InChI=1S/C19H24FN3O/c20-16-6-4-15(5-7-16)12-23(17-8-9-17)13-18(24)22-19(14-21)10-2-1-3-11-19/h4-7,17H,1-3,8-13H2,(H,22,24). The molecule has 128 valence electrons. The first-order chi connectivity index (χ1) is 11.6. The number of benzene rings is 1. The van der Waals surface area contributed by atoms with Crippen molar-refractivity contribution in [1.82, 2.24) is 10.2 Å². The summed E-state index contributed by atoms with van der Waals surface area (Å²) in [5.41, 5.74) is 0.323. The first-order valence-electron chi connectivity index (χ1n) is 8.81. The van der Waals surface area contributed by atoms with E-state index in [1.807, 2.05) is 0 Å². The van der Waals surface area contributed by atoms with Crippen LogP contribution in [0.25, 0.3) is 0 Å². The molecule has 2 aliphatic rings. The van der Waals surface area contributed by atoms with Crippen molar-refractivity contribution >= 4 is 5.91 Å². The number of nitriles is 1. The van der Waals surface area contributed by atoms with Gasteiger partial charge >= 0.3 is 0 Å². The fourth-order valence-corrected chi connectivity index (χ4v) is 3.49. The SMILES string of the molecule is N#CC1(NC(=O)CN(Cc2ccc(F)cc2)C2CC2)CCCCC1. The molecule has 4 nitrogen and oxygen atoms in total. The van der Waals surface area contributed by atoms with Crippen molar-refractivity contribution in [3.05, 3.63) is 35.6 Å². The van der Waals surface area contributed by atoms with Crippen LogP contribution in [0, 0.1) is 17.1 Å². The number of carbonyl (C=O) groups excluding carboxylic acids is 1. The second-order valence-electron chi connectivity index (χ2n) is 7.07. The van der Waals surface area contributed by atoms with Crippen molar-refractivity contribution in [2.24, 2.45) is 0 Å². The van der Waals surface area contributed by atoms with Gasteiger partial charge in [-0.25, -0.2) is 4.39 Å². The molecule has 2 fully saturated rings. The Morgan fingerprint density at radius 1 is 1.25 bits per heavy atom. The largest absolute Gasteiger partial charge is 0.337 e. The van der Waals surface area contributed by atoms with E-state index in [-0.39, 0.29) is 11.7 Å². The Balaban J connectivity index is 1.60. The van der Waals surface area contributed by atoms with Crippen LogP contribution < -0.4 is 5.32 Å². The molecule has 0 atom stereocenters. The lowest BCUT2D eigenvalue weighted by atomic mass is 9.83. The lowest BCUT2D eigenvalue weighted by Gasteiger charge is -2.32. The fourth-order valence-electron chi connectivity index (χ4n) is 3.49. The minimum atomic E-state index is -0.680. The highest BCUT2D eigenvalue weighted by Crippen LogP contribution is 2.29. The van der Waals surface area contributed by atoms with E-state index in [1.165, 1.54) is 12.1 Å². The average molecular weight is 329 g/mol. The molecule has 1 aromatic rings. The number of amides is 1. The first kappa shape index (κ1) is 16.9. The van der Waals surface area contributed by atoms with Crippen molar-refractivity contribution in [3.8, 4) is 6.07 Å². The van der Waals surface area contributed by atoms with E-state index in [0.717, 1.165) is 50.5 Å². The number of hydrogen-bond donors (Lipinski definition) is 1. The molecule has 1 aromatic carbocycles. The summed E-state index contributed by atoms with van der Waals surface area (Å²) in [4.78, 5) is 14.6. The highest BCUT2D eigenvalue weighted by molar-refractivity contribution is 5.79. The van der Waals surface area contributed by atoms with Gasteiger partial charge in [0.2, 0.25) is 5.91 Å². The van der Waals surface area contributed by atoms with Gasteiger partial charge in [0, 0.05) is 12.6 Å². The zero-order valence-corrected chi connectivity index (χ0v) is 13.9. The molecule has 0 aliphatic heterocycles. The van der Waals surface area contributed by atoms with E-state index in [4.69, 9.17) is 0 Å². The second-order valence-corrected chi connectivity index (χ2v) is 7.07. The van der Waals surface area contributed by atoms with Crippen LogP contribution in [0.4, 0.5) is 4.39 Å². The van der Waals surface area contributed by atoms with Crippen LogP contribution in [-0.4, -0.2) is 28.9 Å². The maximum absolute atomic E-state index is 13.0. The van der Waals surface area contributed by atoms with Crippen molar-refractivity contribution in [1.29, 1.82) is 5.26 Å². The van der Waals surface area contributed by atoms with Crippen LogP contribution in [0.2, 0.25) is 0 Å². The predicted molar refractivity (Wildman–Crippen MR) is 89.4 cm³/mol. The molecule has 0 aromatic heterocycles. The molecule has 0 unspecified atom stereocenters. The molecule has 1 N–H and O–H groups in total. The van der Waals surface area contributed by atoms with Gasteiger partial charge in [-0.15, -0.1) is 0 Å². The summed E-state index contributed by atoms with van der Waals surface area (Å²) in [5.74, 6) is -0.324. The van der Waals surface area contributed by atoms with Gasteiger partial charge in [-0.3, -0.25) is 9.69 Å².